The van der Waals surface area contributed by atoms with Crippen LogP contribution in [0.25, 0.3) is 0 Å². The van der Waals surface area contributed by atoms with Crippen LogP contribution in [0.3, 0.4) is 0 Å². The minimum absolute atomic E-state index is 0.186. The van der Waals surface area contributed by atoms with Crippen LogP contribution in [0.1, 0.15) is 26.2 Å². The predicted octanol–water partition coefficient (Wildman–Crippen LogP) is 0.541. The van der Waals surface area contributed by atoms with Crippen molar-refractivity contribution in [3.05, 3.63) is 0 Å². The van der Waals surface area contributed by atoms with Gasteiger partial charge in [0.2, 0.25) is 5.91 Å². The fraction of sp³-hybridized carbons (Fsp3) is 0.938. The first-order valence-corrected chi connectivity index (χ1v) is 8.51. The molecule has 1 saturated carbocycles. The van der Waals surface area contributed by atoms with E-state index in [4.69, 9.17) is 10.5 Å². The van der Waals surface area contributed by atoms with Gasteiger partial charge in [0, 0.05) is 38.1 Å². The molecular formula is C16H29N3O2. The molecule has 0 bridgehead atoms. The molecule has 5 nitrogen and oxygen atoms in total. The van der Waals surface area contributed by atoms with Crippen LogP contribution in [0.4, 0.5) is 0 Å². The van der Waals surface area contributed by atoms with Crippen LogP contribution in [0, 0.1) is 17.8 Å². The second-order valence-electron chi connectivity index (χ2n) is 6.97. The molecule has 2 unspecified atom stereocenters. The number of morpholine rings is 1. The van der Waals surface area contributed by atoms with Crippen LogP contribution in [0.2, 0.25) is 0 Å². The van der Waals surface area contributed by atoms with Crippen molar-refractivity contribution < 1.29 is 9.53 Å². The number of amides is 1. The quantitative estimate of drug-likeness (QED) is 0.826. The van der Waals surface area contributed by atoms with E-state index >= 15 is 0 Å². The summed E-state index contributed by atoms with van der Waals surface area (Å²) in [4.78, 5) is 17.4. The molecule has 0 spiro atoms. The third kappa shape index (κ3) is 3.10. The van der Waals surface area contributed by atoms with Gasteiger partial charge in [-0.1, -0.05) is 13.3 Å². The van der Waals surface area contributed by atoms with Crippen LogP contribution in [0.15, 0.2) is 0 Å². The topological polar surface area (TPSA) is 58.8 Å². The Balaban J connectivity index is 1.60. The molecular weight excluding hydrogens is 266 g/mol. The highest BCUT2D eigenvalue weighted by Crippen LogP contribution is 2.34. The molecule has 1 aliphatic carbocycles. The minimum atomic E-state index is 0.186. The number of rotatable bonds is 3. The van der Waals surface area contributed by atoms with E-state index in [1.165, 1.54) is 0 Å². The van der Waals surface area contributed by atoms with Gasteiger partial charge in [0.15, 0.2) is 0 Å². The van der Waals surface area contributed by atoms with Gasteiger partial charge in [-0.15, -0.1) is 0 Å². The van der Waals surface area contributed by atoms with Crippen LogP contribution >= 0.6 is 0 Å². The zero-order valence-corrected chi connectivity index (χ0v) is 13.2. The highest BCUT2D eigenvalue weighted by molar-refractivity contribution is 5.80. The predicted molar refractivity (Wildman–Crippen MR) is 81.8 cm³/mol. The Labute approximate surface area is 127 Å². The fourth-order valence-corrected chi connectivity index (χ4v) is 4.39. The number of nitrogens with two attached hydrogens (primary N) is 1. The number of likely N-dealkylation sites (tertiary alicyclic amines) is 1. The lowest BCUT2D eigenvalue weighted by Gasteiger charge is -2.34. The Kier molecular flexibility index (Phi) is 4.82. The summed E-state index contributed by atoms with van der Waals surface area (Å²) in [6.07, 6.45) is 3.32. The van der Waals surface area contributed by atoms with E-state index < -0.39 is 0 Å². The van der Waals surface area contributed by atoms with Crippen molar-refractivity contribution in [2.45, 2.75) is 32.2 Å². The molecule has 120 valence electrons. The van der Waals surface area contributed by atoms with Crippen molar-refractivity contribution in [2.24, 2.45) is 23.5 Å². The maximum Gasteiger partial charge on any atom is 0.226 e. The van der Waals surface area contributed by atoms with E-state index in [1.807, 2.05) is 0 Å². The van der Waals surface area contributed by atoms with Gasteiger partial charge in [0.05, 0.1) is 13.2 Å². The Morgan fingerprint density at radius 3 is 2.71 bits per heavy atom. The van der Waals surface area contributed by atoms with E-state index in [0.29, 0.717) is 30.3 Å². The van der Waals surface area contributed by atoms with Crippen molar-refractivity contribution >= 4 is 5.91 Å². The highest BCUT2D eigenvalue weighted by Gasteiger charge is 2.41. The van der Waals surface area contributed by atoms with Gasteiger partial charge in [-0.2, -0.15) is 0 Å². The zero-order chi connectivity index (χ0) is 14.8. The van der Waals surface area contributed by atoms with Gasteiger partial charge in [-0.25, -0.2) is 0 Å². The van der Waals surface area contributed by atoms with Crippen LogP contribution in [0.5, 0.6) is 0 Å². The van der Waals surface area contributed by atoms with Gasteiger partial charge >= 0.3 is 0 Å². The Morgan fingerprint density at radius 1 is 1.24 bits per heavy atom. The van der Waals surface area contributed by atoms with Gasteiger partial charge in [-0.3, -0.25) is 9.69 Å². The lowest BCUT2D eigenvalue weighted by molar-refractivity contribution is -0.135. The first kappa shape index (κ1) is 15.3. The van der Waals surface area contributed by atoms with Gasteiger partial charge in [-0.05, 0) is 31.2 Å². The number of hydrogen-bond acceptors (Lipinski definition) is 4. The molecule has 0 aromatic rings. The summed E-state index contributed by atoms with van der Waals surface area (Å²) in [6, 6.07) is 0.510. The molecule has 3 fully saturated rings. The summed E-state index contributed by atoms with van der Waals surface area (Å²) < 4.78 is 5.44. The van der Waals surface area contributed by atoms with Gasteiger partial charge < -0.3 is 15.4 Å². The van der Waals surface area contributed by atoms with E-state index in [-0.39, 0.29) is 5.92 Å². The van der Waals surface area contributed by atoms with E-state index in [9.17, 15) is 4.79 Å². The highest BCUT2D eigenvalue weighted by atomic mass is 16.5. The summed E-state index contributed by atoms with van der Waals surface area (Å²) in [5.41, 5.74) is 5.84. The first-order chi connectivity index (χ1) is 10.2. The average molecular weight is 295 g/mol. The maximum absolute atomic E-state index is 12.8. The summed E-state index contributed by atoms with van der Waals surface area (Å²) in [7, 11) is 0. The van der Waals surface area contributed by atoms with E-state index in [2.05, 4.69) is 16.7 Å². The lowest BCUT2D eigenvalue weighted by Crippen LogP contribution is -2.47. The smallest absolute Gasteiger partial charge is 0.226 e. The largest absolute Gasteiger partial charge is 0.379 e. The molecule has 2 N–H and O–H groups in total. The monoisotopic (exact) mass is 295 g/mol. The molecule has 3 aliphatic rings. The summed E-state index contributed by atoms with van der Waals surface area (Å²) >= 11 is 0. The number of carbonyl (C=O) groups excluding carboxylic acids is 1. The van der Waals surface area contributed by atoms with Crippen molar-refractivity contribution in [1.82, 2.24) is 9.80 Å². The van der Waals surface area contributed by atoms with Crippen LogP contribution < -0.4 is 5.73 Å². The summed E-state index contributed by atoms with van der Waals surface area (Å²) in [5, 5.41) is 0. The van der Waals surface area contributed by atoms with Crippen LogP contribution in [-0.4, -0.2) is 67.7 Å². The molecule has 2 saturated heterocycles. The van der Waals surface area contributed by atoms with Crippen molar-refractivity contribution in [1.29, 1.82) is 0 Å². The number of hydrogen-bond donors (Lipinski definition) is 1. The Morgan fingerprint density at radius 2 is 2.00 bits per heavy atom. The molecule has 2 aliphatic heterocycles. The molecule has 0 aromatic carbocycles. The molecule has 2 heterocycles. The SMILES string of the molecule is CC1CN(C(=O)[C@@H]2CCC[C@@H]2CN)CC1N1CCOCC1. The Bertz CT molecular complexity index is 371. The molecule has 0 radical (unpaired) electrons. The standard InChI is InChI=1S/C16H29N3O2/c1-12-10-19(11-15(12)18-5-7-21-8-6-18)16(20)14-4-2-3-13(14)9-17/h12-15H,2-11,17H2,1H3/t12?,13-,14-,15?/m1/s1. The van der Waals surface area contributed by atoms with Crippen LogP contribution in [-0.2, 0) is 9.53 Å². The first-order valence-electron chi connectivity index (χ1n) is 8.51. The number of ether oxygens (including phenoxy) is 1. The van der Waals surface area contributed by atoms with Gasteiger partial charge in [0.1, 0.15) is 0 Å². The van der Waals surface area contributed by atoms with Crippen molar-refractivity contribution in [2.75, 3.05) is 45.9 Å². The lowest BCUT2D eigenvalue weighted by atomic mass is 9.95. The maximum atomic E-state index is 12.8. The zero-order valence-electron chi connectivity index (χ0n) is 13.2. The molecule has 21 heavy (non-hydrogen) atoms. The summed E-state index contributed by atoms with van der Waals surface area (Å²) in [6.45, 7) is 8.42. The second-order valence-corrected chi connectivity index (χ2v) is 6.97. The third-order valence-electron chi connectivity index (χ3n) is 5.68. The average Bonchev–Trinajstić information content (AvgIpc) is 3.13. The number of nitrogens with zero attached hydrogens (tertiary/aromatic N) is 2. The van der Waals surface area contributed by atoms with E-state index in [1.54, 1.807) is 0 Å². The van der Waals surface area contributed by atoms with Gasteiger partial charge in [0.25, 0.3) is 0 Å². The second kappa shape index (κ2) is 6.63. The van der Waals surface area contributed by atoms with E-state index in [0.717, 1.165) is 58.7 Å². The van der Waals surface area contributed by atoms with Crippen molar-refractivity contribution in [3.8, 4) is 0 Å². The molecule has 5 heteroatoms. The fourth-order valence-electron chi connectivity index (χ4n) is 4.39. The molecule has 4 atom stereocenters. The Hall–Kier alpha value is -0.650. The molecule has 1 amide bonds. The number of carbonyl (C=O) groups is 1. The molecule has 3 rings (SSSR count). The summed E-state index contributed by atoms with van der Waals surface area (Å²) in [5.74, 6) is 1.52. The normalized spacial score (nSPS) is 38.1. The molecule has 0 aromatic heterocycles. The third-order valence-corrected chi connectivity index (χ3v) is 5.68. The minimum Gasteiger partial charge on any atom is -0.379 e. The van der Waals surface area contributed by atoms with Crippen molar-refractivity contribution in [3.63, 3.8) is 0 Å².